The van der Waals surface area contributed by atoms with Crippen molar-refractivity contribution >= 4 is 0 Å². The topological polar surface area (TPSA) is 0 Å². The van der Waals surface area contributed by atoms with Crippen molar-refractivity contribution in [2.45, 2.75) is 0 Å². The minimum atomic E-state index is 0. The average molecular weight is 178 g/mol. The van der Waals surface area contributed by atoms with Gasteiger partial charge >= 0.3 is 0 Å². The molecule has 1 aromatic carbocycles. The van der Waals surface area contributed by atoms with E-state index in [1.54, 1.807) is 0 Å². The van der Waals surface area contributed by atoms with Gasteiger partial charge in [-0.25, -0.2) is 0 Å². The zero-order chi connectivity index (χ0) is 4.24. The van der Waals surface area contributed by atoms with Gasteiger partial charge in [-0.3, -0.25) is 0 Å². The minimum Gasteiger partial charge on any atom is -1.00 e. The van der Waals surface area contributed by atoms with Crippen LogP contribution in [0.25, 0.3) is 0 Å². The van der Waals surface area contributed by atoms with Crippen molar-refractivity contribution in [1.82, 2.24) is 0 Å². The molecular weight excluding hydrogens is 173 g/mol. The normalized spacial score (nSPS) is 6.00. The Kier molecular flexibility index (Phi) is 9.81. The molecule has 1 radical (unpaired) electrons. The van der Waals surface area contributed by atoms with Crippen LogP contribution in [-0.2, 0) is 19.5 Å². The van der Waals surface area contributed by atoms with Crippen molar-refractivity contribution in [3.8, 4) is 0 Å². The van der Waals surface area contributed by atoms with E-state index in [9.17, 15) is 0 Å². The summed E-state index contributed by atoms with van der Waals surface area (Å²) in [6, 6.07) is 12.5. The van der Waals surface area contributed by atoms with Gasteiger partial charge in [-0.15, -0.1) is 0 Å². The first kappa shape index (κ1) is 11.0. The Balaban J connectivity index is 0. The molecule has 2 heteroatoms. The van der Waals surface area contributed by atoms with Crippen molar-refractivity contribution in [2.75, 3.05) is 0 Å². The van der Waals surface area contributed by atoms with E-state index in [1.165, 1.54) is 0 Å². The predicted molar refractivity (Wildman–Crippen MR) is 25.3 cm³/mol. The monoisotopic (exact) mass is 176 g/mol. The molecule has 1 aromatic rings. The van der Waals surface area contributed by atoms with Gasteiger partial charge in [0, 0.05) is 19.5 Å². The molecule has 0 spiro atoms. The second-order valence-electron chi connectivity index (χ2n) is 1.08. The Morgan fingerprint density at radius 3 is 1.50 bits per heavy atom. The zero-order valence-corrected chi connectivity index (χ0v) is 8.19. The molecule has 0 heterocycles. The summed E-state index contributed by atoms with van der Waals surface area (Å²) in [5, 5.41) is 0. The van der Waals surface area contributed by atoms with Gasteiger partial charge in [-0.2, -0.15) is 0 Å². The minimum absolute atomic E-state index is 0. The molecule has 0 aliphatic heterocycles. The third kappa shape index (κ3) is 4.30. The van der Waals surface area contributed by atoms with E-state index in [-0.39, 0.29) is 31.9 Å². The van der Waals surface area contributed by atoms with Crippen LogP contribution in [0.2, 0.25) is 0 Å². The summed E-state index contributed by atoms with van der Waals surface area (Å²) in [7, 11) is 0. The average Bonchev–Trinajstić information content (AvgIpc) is 1.72. The fourth-order valence-electron chi connectivity index (χ4n) is 0.342. The van der Waals surface area contributed by atoms with E-state index in [2.05, 4.69) is 6.07 Å². The van der Waals surface area contributed by atoms with Gasteiger partial charge in [-0.1, -0.05) is 30.3 Å². The van der Waals surface area contributed by atoms with Crippen LogP contribution in [0.15, 0.2) is 30.3 Å². The van der Waals surface area contributed by atoms with Crippen molar-refractivity contribution in [1.29, 1.82) is 0 Å². The van der Waals surface area contributed by atoms with Crippen LogP contribution in [0.5, 0.6) is 0 Å². The third-order valence-corrected chi connectivity index (χ3v) is 0.607. The molecule has 39 valence electrons. The molecule has 0 atom stereocenters. The molecule has 0 saturated heterocycles. The number of benzene rings is 1. The van der Waals surface area contributed by atoms with Crippen LogP contribution in [0.1, 0.15) is 0 Å². The summed E-state index contributed by atoms with van der Waals surface area (Å²) < 4.78 is 0. The van der Waals surface area contributed by atoms with Crippen LogP contribution in [0, 0.1) is 6.07 Å². The van der Waals surface area contributed by atoms with Gasteiger partial charge in [0.15, 0.2) is 0 Å². The Morgan fingerprint density at radius 2 is 1.38 bits per heavy atom. The molecule has 0 aliphatic rings. The maximum Gasteiger partial charge on any atom is 0 e. The van der Waals surface area contributed by atoms with Crippen molar-refractivity contribution in [2.24, 2.45) is 0 Å². The summed E-state index contributed by atoms with van der Waals surface area (Å²) in [6.07, 6.45) is 0. The molecule has 0 fully saturated rings. The molecule has 0 unspecified atom stereocenters. The van der Waals surface area contributed by atoms with Crippen LogP contribution >= 0.6 is 0 Å². The van der Waals surface area contributed by atoms with Crippen LogP contribution in [0.3, 0.4) is 0 Å². The Labute approximate surface area is 68.5 Å². The third-order valence-electron chi connectivity index (χ3n) is 0.607. The molecule has 0 aromatic heterocycles. The molecule has 8 heavy (non-hydrogen) atoms. The van der Waals surface area contributed by atoms with E-state index < -0.39 is 0 Å². The second kappa shape index (κ2) is 7.13. The van der Waals surface area contributed by atoms with E-state index in [0.29, 0.717) is 0 Å². The van der Waals surface area contributed by atoms with Crippen LogP contribution in [-0.4, -0.2) is 0 Å². The Bertz CT molecular complexity index is 80.5. The molecule has 0 saturated carbocycles. The van der Waals surface area contributed by atoms with Gasteiger partial charge in [0.25, 0.3) is 0 Å². The maximum absolute atomic E-state index is 2.89. The molecule has 0 N–H and O–H groups in total. The van der Waals surface area contributed by atoms with Gasteiger partial charge in [0.05, 0.1) is 0 Å². The molecule has 0 aliphatic carbocycles. The van der Waals surface area contributed by atoms with Gasteiger partial charge in [0.2, 0.25) is 0 Å². The standard InChI is InChI=1S/C6H5.ClH.Zn/c1-2-4-6-5-3-1;;/h1-5H;1H;/p-1. The largest absolute Gasteiger partial charge is 1.00 e. The first-order chi connectivity index (χ1) is 3.00. The fourth-order valence-corrected chi connectivity index (χ4v) is 0.342. The number of hydrogen-bond acceptors (Lipinski definition) is 0. The van der Waals surface area contributed by atoms with Crippen LogP contribution < -0.4 is 12.4 Å². The Hall–Kier alpha value is 0.133. The van der Waals surface area contributed by atoms with Gasteiger partial charge < -0.3 is 12.4 Å². The van der Waals surface area contributed by atoms with E-state index in [0.717, 1.165) is 0 Å². The summed E-state index contributed by atoms with van der Waals surface area (Å²) in [4.78, 5) is 0. The van der Waals surface area contributed by atoms with Gasteiger partial charge in [-0.05, 0) is 6.07 Å². The Morgan fingerprint density at radius 1 is 0.875 bits per heavy atom. The molecule has 0 bridgehead atoms. The summed E-state index contributed by atoms with van der Waals surface area (Å²) in [5.41, 5.74) is 0. The zero-order valence-electron chi connectivity index (χ0n) is 4.47. The van der Waals surface area contributed by atoms with Crippen LogP contribution in [0.4, 0.5) is 0 Å². The number of hydrogen-bond donors (Lipinski definition) is 0. The molecule has 0 nitrogen and oxygen atoms in total. The summed E-state index contributed by atoms with van der Waals surface area (Å²) in [5.74, 6) is 0. The smallest absolute Gasteiger partial charge is 0 e. The second-order valence-corrected chi connectivity index (χ2v) is 1.08. The SMILES string of the molecule is [Cl-].[Zn].[c]1ccccc1. The maximum atomic E-state index is 2.89. The van der Waals surface area contributed by atoms with Crippen molar-refractivity contribution in [3.05, 3.63) is 36.4 Å². The molecule has 1 rings (SSSR count). The summed E-state index contributed by atoms with van der Waals surface area (Å²) >= 11 is 0. The fraction of sp³-hybridized carbons (Fsp3) is 0. The quantitative estimate of drug-likeness (QED) is 0.423. The van der Waals surface area contributed by atoms with E-state index in [1.807, 2.05) is 30.3 Å². The van der Waals surface area contributed by atoms with Crippen molar-refractivity contribution in [3.63, 3.8) is 0 Å². The number of halogens is 1. The number of rotatable bonds is 0. The first-order valence-corrected chi connectivity index (χ1v) is 1.91. The van der Waals surface area contributed by atoms with Crippen molar-refractivity contribution < 1.29 is 31.9 Å². The molecule has 0 amide bonds. The predicted octanol–water partition coefficient (Wildman–Crippen LogP) is -1.51. The summed E-state index contributed by atoms with van der Waals surface area (Å²) in [6.45, 7) is 0. The van der Waals surface area contributed by atoms with Gasteiger partial charge in [0.1, 0.15) is 0 Å². The van der Waals surface area contributed by atoms with E-state index >= 15 is 0 Å². The molecular formula is C6H5ClZn-. The van der Waals surface area contributed by atoms with E-state index in [4.69, 9.17) is 0 Å². The first-order valence-electron chi connectivity index (χ1n) is 1.91.